The Morgan fingerprint density at radius 1 is 1.41 bits per heavy atom. The van der Waals surface area contributed by atoms with Crippen molar-refractivity contribution in [2.24, 2.45) is 0 Å². The van der Waals surface area contributed by atoms with Crippen LogP contribution in [0.2, 0.25) is 0 Å². The van der Waals surface area contributed by atoms with Gasteiger partial charge in [-0.05, 0) is 39.8 Å². The van der Waals surface area contributed by atoms with Gasteiger partial charge in [0.2, 0.25) is 0 Å². The Morgan fingerprint density at radius 3 is 2.71 bits per heavy atom. The van der Waals surface area contributed by atoms with Crippen molar-refractivity contribution in [2.75, 3.05) is 0 Å². The van der Waals surface area contributed by atoms with Crippen LogP contribution in [0.25, 0.3) is 0 Å². The van der Waals surface area contributed by atoms with Gasteiger partial charge in [0.15, 0.2) is 0 Å². The molecule has 1 aromatic heterocycles. The Balaban J connectivity index is 2.31. The van der Waals surface area contributed by atoms with Crippen LogP contribution < -0.4 is 10.9 Å². The number of pyridine rings is 1. The maximum absolute atomic E-state index is 11.3. The molecular weight excluding hydrogens is 218 g/mol. The minimum absolute atomic E-state index is 0.459. The van der Waals surface area contributed by atoms with Crippen LogP contribution in [-0.4, -0.2) is 16.7 Å². The zero-order valence-corrected chi connectivity index (χ0v) is 10.7. The molecule has 0 bridgehead atoms. The highest BCUT2D eigenvalue weighted by atomic mass is 16.6. The predicted molar refractivity (Wildman–Crippen MR) is 65.2 cm³/mol. The molecule has 0 aliphatic heterocycles. The molecule has 0 unspecified atom stereocenters. The van der Waals surface area contributed by atoms with Gasteiger partial charge in [-0.1, -0.05) is 6.07 Å². The van der Waals surface area contributed by atoms with Crippen LogP contribution in [0.1, 0.15) is 32.2 Å². The van der Waals surface area contributed by atoms with Crippen molar-refractivity contribution >= 4 is 6.09 Å². The summed E-state index contributed by atoms with van der Waals surface area (Å²) in [4.78, 5) is 15.6. The minimum atomic E-state index is -0.495. The Labute approximate surface area is 102 Å². The van der Waals surface area contributed by atoms with Crippen LogP contribution in [-0.2, 0) is 11.3 Å². The number of hydrogen-bond donors (Lipinski definition) is 2. The van der Waals surface area contributed by atoms with Crippen molar-refractivity contribution in [1.82, 2.24) is 15.8 Å². The van der Waals surface area contributed by atoms with E-state index in [-0.39, 0.29) is 0 Å². The smallest absolute Gasteiger partial charge is 0.422 e. The molecule has 5 nitrogen and oxygen atoms in total. The highest BCUT2D eigenvalue weighted by Gasteiger charge is 2.15. The van der Waals surface area contributed by atoms with Crippen molar-refractivity contribution in [2.45, 2.75) is 39.8 Å². The number of carbonyl (C=O) groups is 1. The number of amides is 1. The molecule has 1 aromatic rings. The molecule has 94 valence electrons. The zero-order valence-electron chi connectivity index (χ0n) is 10.7. The Kier molecular flexibility index (Phi) is 4.45. The molecule has 0 atom stereocenters. The van der Waals surface area contributed by atoms with Gasteiger partial charge in [-0.3, -0.25) is 10.4 Å². The minimum Gasteiger partial charge on any atom is -0.443 e. The summed E-state index contributed by atoms with van der Waals surface area (Å²) in [6.07, 6.45) is -0.495. The lowest BCUT2D eigenvalue weighted by Gasteiger charge is -2.19. The molecule has 5 heteroatoms. The number of hydrazine groups is 1. The molecule has 0 aliphatic carbocycles. The van der Waals surface area contributed by atoms with Crippen LogP contribution >= 0.6 is 0 Å². The molecule has 0 saturated carbocycles. The third kappa shape index (κ3) is 5.87. The van der Waals surface area contributed by atoms with Gasteiger partial charge < -0.3 is 4.74 Å². The molecule has 0 aliphatic rings. The van der Waals surface area contributed by atoms with Crippen LogP contribution in [0.4, 0.5) is 4.79 Å². The topological polar surface area (TPSA) is 63.2 Å². The summed E-state index contributed by atoms with van der Waals surface area (Å²) in [6, 6.07) is 5.73. The Hall–Kier alpha value is -1.62. The summed E-state index contributed by atoms with van der Waals surface area (Å²) in [6.45, 7) is 7.82. The van der Waals surface area contributed by atoms with Crippen molar-refractivity contribution < 1.29 is 9.53 Å². The average Bonchev–Trinajstić information content (AvgIpc) is 2.14. The fraction of sp³-hybridized carbons (Fsp3) is 0.500. The number of nitrogens with zero attached hydrogens (tertiary/aromatic N) is 1. The van der Waals surface area contributed by atoms with Crippen molar-refractivity contribution in [3.8, 4) is 0 Å². The summed E-state index contributed by atoms with van der Waals surface area (Å²) in [5.41, 5.74) is 6.54. The highest BCUT2D eigenvalue weighted by Crippen LogP contribution is 2.05. The Bertz CT molecular complexity index is 386. The van der Waals surface area contributed by atoms with E-state index in [4.69, 9.17) is 4.74 Å². The monoisotopic (exact) mass is 237 g/mol. The third-order valence-corrected chi connectivity index (χ3v) is 1.80. The van der Waals surface area contributed by atoms with Crippen molar-refractivity contribution in [3.63, 3.8) is 0 Å². The van der Waals surface area contributed by atoms with E-state index in [0.717, 1.165) is 11.4 Å². The third-order valence-electron chi connectivity index (χ3n) is 1.80. The fourth-order valence-electron chi connectivity index (χ4n) is 1.21. The van der Waals surface area contributed by atoms with Gasteiger partial charge in [0.1, 0.15) is 5.60 Å². The summed E-state index contributed by atoms with van der Waals surface area (Å²) in [5, 5.41) is 0. The first-order valence-corrected chi connectivity index (χ1v) is 5.51. The molecular formula is C12H19N3O2. The predicted octanol–water partition coefficient (Wildman–Crippen LogP) is 1.92. The molecule has 0 fully saturated rings. The largest absolute Gasteiger partial charge is 0.443 e. The molecule has 2 N–H and O–H groups in total. The van der Waals surface area contributed by atoms with Gasteiger partial charge in [0.25, 0.3) is 0 Å². The van der Waals surface area contributed by atoms with E-state index >= 15 is 0 Å². The van der Waals surface area contributed by atoms with Gasteiger partial charge in [-0.15, -0.1) is 0 Å². The van der Waals surface area contributed by atoms with E-state index in [2.05, 4.69) is 15.8 Å². The molecule has 1 rings (SSSR count). The molecule has 1 heterocycles. The fourth-order valence-corrected chi connectivity index (χ4v) is 1.21. The molecule has 0 aromatic carbocycles. The molecule has 1 amide bonds. The highest BCUT2D eigenvalue weighted by molar-refractivity contribution is 5.66. The van der Waals surface area contributed by atoms with E-state index in [0.29, 0.717) is 6.54 Å². The number of carbonyl (C=O) groups excluding carboxylic acids is 1. The molecule has 0 spiro atoms. The Morgan fingerprint density at radius 2 is 2.12 bits per heavy atom. The SMILES string of the molecule is Cc1cccc(CNNC(=O)OC(C)(C)C)n1. The first-order valence-electron chi connectivity index (χ1n) is 5.51. The first-order chi connectivity index (χ1) is 7.87. The number of aryl methyl sites for hydroxylation is 1. The lowest BCUT2D eigenvalue weighted by Crippen LogP contribution is -2.40. The van der Waals surface area contributed by atoms with Crippen LogP contribution in [0.3, 0.4) is 0 Å². The zero-order chi connectivity index (χ0) is 12.9. The average molecular weight is 237 g/mol. The van der Waals surface area contributed by atoms with E-state index < -0.39 is 11.7 Å². The quantitative estimate of drug-likeness (QED) is 0.788. The maximum Gasteiger partial charge on any atom is 0.422 e. The summed E-state index contributed by atoms with van der Waals surface area (Å²) in [5.74, 6) is 0. The normalized spacial score (nSPS) is 11.1. The first kappa shape index (κ1) is 13.4. The van der Waals surface area contributed by atoms with Crippen LogP contribution in [0, 0.1) is 6.92 Å². The summed E-state index contributed by atoms with van der Waals surface area (Å²) in [7, 11) is 0. The second kappa shape index (κ2) is 5.63. The summed E-state index contributed by atoms with van der Waals surface area (Å²) >= 11 is 0. The van der Waals surface area contributed by atoms with Crippen molar-refractivity contribution in [1.29, 1.82) is 0 Å². The molecule has 17 heavy (non-hydrogen) atoms. The van der Waals surface area contributed by atoms with Crippen molar-refractivity contribution in [3.05, 3.63) is 29.6 Å². The number of hydrogen-bond acceptors (Lipinski definition) is 4. The lowest BCUT2D eigenvalue weighted by atomic mass is 10.2. The molecule has 0 radical (unpaired) electrons. The van der Waals surface area contributed by atoms with E-state index in [1.807, 2.05) is 45.9 Å². The van der Waals surface area contributed by atoms with Gasteiger partial charge in [0, 0.05) is 5.69 Å². The number of aromatic nitrogens is 1. The second-order valence-electron chi connectivity index (χ2n) is 4.75. The van der Waals surface area contributed by atoms with E-state index in [1.165, 1.54) is 0 Å². The maximum atomic E-state index is 11.3. The van der Waals surface area contributed by atoms with Crippen LogP contribution in [0.15, 0.2) is 18.2 Å². The molecule has 0 saturated heterocycles. The van der Waals surface area contributed by atoms with Gasteiger partial charge in [-0.25, -0.2) is 10.2 Å². The van der Waals surface area contributed by atoms with Gasteiger partial charge in [0.05, 0.1) is 12.2 Å². The number of ether oxygens (including phenoxy) is 1. The standard InChI is InChI=1S/C12H19N3O2/c1-9-6-5-7-10(14-9)8-13-15-11(16)17-12(2,3)4/h5-7,13H,8H2,1-4H3,(H,15,16). The van der Waals surface area contributed by atoms with E-state index in [9.17, 15) is 4.79 Å². The van der Waals surface area contributed by atoms with E-state index in [1.54, 1.807) is 0 Å². The van der Waals surface area contributed by atoms with Gasteiger partial charge in [-0.2, -0.15) is 0 Å². The lowest BCUT2D eigenvalue weighted by molar-refractivity contribution is 0.0497. The number of nitrogens with one attached hydrogen (secondary N) is 2. The van der Waals surface area contributed by atoms with Gasteiger partial charge >= 0.3 is 6.09 Å². The summed E-state index contributed by atoms with van der Waals surface area (Å²) < 4.78 is 5.07. The second-order valence-corrected chi connectivity index (χ2v) is 4.75. The number of rotatable bonds is 3. The van der Waals surface area contributed by atoms with Crippen LogP contribution in [0.5, 0.6) is 0 Å².